The minimum atomic E-state index is -0.162. The number of aromatic nitrogens is 2. The molecule has 0 radical (unpaired) electrons. The molecular formula is C11H17N3O2. The first-order valence-electron chi connectivity index (χ1n) is 5.52. The van der Waals surface area contributed by atoms with Crippen molar-refractivity contribution in [2.24, 2.45) is 5.41 Å². The van der Waals surface area contributed by atoms with Crippen LogP contribution in [-0.4, -0.2) is 30.2 Å². The van der Waals surface area contributed by atoms with E-state index in [0.717, 1.165) is 19.6 Å². The summed E-state index contributed by atoms with van der Waals surface area (Å²) in [5, 5.41) is 3.11. The van der Waals surface area contributed by atoms with E-state index in [0.29, 0.717) is 11.2 Å². The van der Waals surface area contributed by atoms with Crippen LogP contribution in [0.25, 0.3) is 0 Å². The molecule has 88 valence electrons. The van der Waals surface area contributed by atoms with E-state index >= 15 is 0 Å². The van der Waals surface area contributed by atoms with Crippen molar-refractivity contribution in [3.05, 3.63) is 22.7 Å². The number of H-pyrrole nitrogens is 1. The Balaban J connectivity index is 1.88. The second kappa shape index (κ2) is 4.65. The van der Waals surface area contributed by atoms with Gasteiger partial charge in [-0.25, -0.2) is 4.98 Å². The lowest BCUT2D eigenvalue weighted by molar-refractivity contribution is 0.175. The van der Waals surface area contributed by atoms with Gasteiger partial charge in [0.2, 0.25) is 0 Å². The van der Waals surface area contributed by atoms with Crippen molar-refractivity contribution in [1.29, 1.82) is 0 Å². The van der Waals surface area contributed by atoms with Gasteiger partial charge in [-0.1, -0.05) is 0 Å². The van der Waals surface area contributed by atoms with Gasteiger partial charge >= 0.3 is 0 Å². The molecule has 1 fully saturated rings. The third-order valence-corrected chi connectivity index (χ3v) is 3.13. The van der Waals surface area contributed by atoms with Crippen LogP contribution in [0.4, 0.5) is 5.82 Å². The largest absolute Gasteiger partial charge is 0.385 e. The second-order valence-corrected chi connectivity index (χ2v) is 4.36. The molecular weight excluding hydrogens is 206 g/mol. The molecule has 0 saturated heterocycles. The van der Waals surface area contributed by atoms with Crippen molar-refractivity contribution < 1.29 is 4.74 Å². The predicted molar refractivity (Wildman–Crippen MR) is 61.5 cm³/mol. The molecule has 0 atom stereocenters. The van der Waals surface area contributed by atoms with Crippen LogP contribution in [-0.2, 0) is 4.74 Å². The molecule has 0 aromatic carbocycles. The van der Waals surface area contributed by atoms with Crippen molar-refractivity contribution >= 4 is 5.82 Å². The highest BCUT2D eigenvalue weighted by molar-refractivity contribution is 5.31. The lowest BCUT2D eigenvalue weighted by atomic mass is 10.0. The smallest absolute Gasteiger partial charge is 0.290 e. The van der Waals surface area contributed by atoms with E-state index in [1.54, 1.807) is 13.3 Å². The number of hydrogen-bond acceptors (Lipinski definition) is 4. The van der Waals surface area contributed by atoms with Gasteiger partial charge in [0.15, 0.2) is 5.82 Å². The molecule has 1 aliphatic rings. The molecule has 1 saturated carbocycles. The highest BCUT2D eigenvalue weighted by atomic mass is 16.5. The number of ether oxygens (including phenoxy) is 1. The number of nitrogens with zero attached hydrogens (tertiary/aromatic N) is 1. The van der Waals surface area contributed by atoms with E-state index in [9.17, 15) is 4.79 Å². The fourth-order valence-corrected chi connectivity index (χ4v) is 1.76. The number of anilines is 1. The molecule has 0 amide bonds. The van der Waals surface area contributed by atoms with Crippen LogP contribution in [0, 0.1) is 5.41 Å². The minimum absolute atomic E-state index is 0.162. The third-order valence-electron chi connectivity index (χ3n) is 3.13. The normalized spacial score (nSPS) is 17.1. The Morgan fingerprint density at radius 1 is 1.62 bits per heavy atom. The standard InChI is InChI=1S/C11H17N3O2/c1-16-7-4-11(2-3-11)8-14-9-10(15)13-6-5-12-9/h5-6H,2-4,7-8H2,1H3,(H,12,14)(H,13,15). The maximum absolute atomic E-state index is 11.4. The first-order chi connectivity index (χ1) is 7.76. The topological polar surface area (TPSA) is 67.0 Å². The summed E-state index contributed by atoms with van der Waals surface area (Å²) in [6, 6.07) is 0. The molecule has 0 spiro atoms. The van der Waals surface area contributed by atoms with Gasteiger partial charge in [0, 0.05) is 32.7 Å². The van der Waals surface area contributed by atoms with Crippen LogP contribution in [0.5, 0.6) is 0 Å². The highest BCUT2D eigenvalue weighted by Gasteiger charge is 2.41. The van der Waals surface area contributed by atoms with Crippen LogP contribution < -0.4 is 10.9 Å². The van der Waals surface area contributed by atoms with Crippen molar-refractivity contribution in [2.75, 3.05) is 25.6 Å². The molecule has 2 rings (SSSR count). The van der Waals surface area contributed by atoms with Gasteiger partial charge in [0.05, 0.1) is 0 Å². The van der Waals surface area contributed by atoms with E-state index in [4.69, 9.17) is 4.74 Å². The van der Waals surface area contributed by atoms with Crippen molar-refractivity contribution in [3.8, 4) is 0 Å². The van der Waals surface area contributed by atoms with Crippen molar-refractivity contribution in [3.63, 3.8) is 0 Å². The molecule has 1 aromatic rings. The summed E-state index contributed by atoms with van der Waals surface area (Å²) in [6.45, 7) is 1.58. The summed E-state index contributed by atoms with van der Waals surface area (Å²) in [5.41, 5.74) is 0.157. The number of methoxy groups -OCH3 is 1. The van der Waals surface area contributed by atoms with Crippen LogP contribution in [0.15, 0.2) is 17.2 Å². The summed E-state index contributed by atoms with van der Waals surface area (Å²) in [6.07, 6.45) is 6.56. The average molecular weight is 223 g/mol. The molecule has 0 unspecified atom stereocenters. The molecule has 5 heteroatoms. The summed E-state index contributed by atoms with van der Waals surface area (Å²) in [4.78, 5) is 18.0. The molecule has 1 heterocycles. The number of rotatable bonds is 6. The van der Waals surface area contributed by atoms with Gasteiger partial charge in [0.1, 0.15) is 0 Å². The van der Waals surface area contributed by atoms with Gasteiger partial charge in [0.25, 0.3) is 5.56 Å². The molecule has 5 nitrogen and oxygen atoms in total. The van der Waals surface area contributed by atoms with Gasteiger partial charge < -0.3 is 15.0 Å². The highest BCUT2D eigenvalue weighted by Crippen LogP contribution is 2.48. The SMILES string of the molecule is COCCC1(CNc2ncc[nH]c2=O)CC1. The molecule has 0 aliphatic heterocycles. The number of hydrogen-bond donors (Lipinski definition) is 2. The van der Waals surface area contributed by atoms with Crippen LogP contribution in [0.1, 0.15) is 19.3 Å². The van der Waals surface area contributed by atoms with Crippen molar-refractivity contribution in [2.45, 2.75) is 19.3 Å². The second-order valence-electron chi connectivity index (χ2n) is 4.36. The lowest BCUT2D eigenvalue weighted by Gasteiger charge is -2.15. The van der Waals surface area contributed by atoms with E-state index in [1.165, 1.54) is 19.0 Å². The molecule has 0 bridgehead atoms. The minimum Gasteiger partial charge on any atom is -0.385 e. The first-order valence-corrected chi connectivity index (χ1v) is 5.52. The fraction of sp³-hybridized carbons (Fsp3) is 0.636. The Kier molecular flexibility index (Phi) is 3.24. The Labute approximate surface area is 94.2 Å². The van der Waals surface area contributed by atoms with E-state index < -0.39 is 0 Å². The zero-order chi connectivity index (χ0) is 11.4. The van der Waals surface area contributed by atoms with E-state index in [-0.39, 0.29) is 5.56 Å². The predicted octanol–water partition coefficient (Wildman–Crippen LogP) is 0.998. The Hall–Kier alpha value is -1.36. The monoisotopic (exact) mass is 223 g/mol. The Bertz CT molecular complexity index is 398. The molecule has 2 N–H and O–H groups in total. The third kappa shape index (κ3) is 2.61. The first kappa shape index (κ1) is 11.1. The van der Waals surface area contributed by atoms with Crippen LogP contribution in [0.2, 0.25) is 0 Å². The zero-order valence-electron chi connectivity index (χ0n) is 9.45. The molecule has 1 aromatic heterocycles. The van der Waals surface area contributed by atoms with Crippen LogP contribution >= 0.6 is 0 Å². The fourth-order valence-electron chi connectivity index (χ4n) is 1.76. The zero-order valence-corrected chi connectivity index (χ0v) is 9.45. The van der Waals surface area contributed by atoms with Crippen molar-refractivity contribution in [1.82, 2.24) is 9.97 Å². The maximum atomic E-state index is 11.4. The van der Waals surface area contributed by atoms with Gasteiger partial charge in [-0.2, -0.15) is 0 Å². The number of aromatic amines is 1. The molecule has 1 aliphatic carbocycles. The lowest BCUT2D eigenvalue weighted by Crippen LogP contribution is -2.22. The maximum Gasteiger partial charge on any atom is 0.290 e. The van der Waals surface area contributed by atoms with Gasteiger partial charge in [-0.15, -0.1) is 0 Å². The Morgan fingerprint density at radius 2 is 2.44 bits per heavy atom. The van der Waals surface area contributed by atoms with E-state index in [1.807, 2.05) is 0 Å². The quantitative estimate of drug-likeness (QED) is 0.755. The number of nitrogens with one attached hydrogen (secondary N) is 2. The summed E-state index contributed by atoms with van der Waals surface area (Å²) >= 11 is 0. The van der Waals surface area contributed by atoms with Crippen LogP contribution in [0.3, 0.4) is 0 Å². The van der Waals surface area contributed by atoms with Gasteiger partial charge in [-0.3, -0.25) is 4.79 Å². The summed E-state index contributed by atoms with van der Waals surface area (Å²) in [5.74, 6) is 0.409. The summed E-state index contributed by atoms with van der Waals surface area (Å²) in [7, 11) is 1.72. The van der Waals surface area contributed by atoms with Gasteiger partial charge in [-0.05, 0) is 24.7 Å². The average Bonchev–Trinajstić information content (AvgIpc) is 3.06. The van der Waals surface area contributed by atoms with E-state index in [2.05, 4.69) is 15.3 Å². The summed E-state index contributed by atoms with van der Waals surface area (Å²) < 4.78 is 5.08. The Morgan fingerprint density at radius 3 is 3.06 bits per heavy atom. The molecule has 16 heavy (non-hydrogen) atoms.